The number of nitrogen functional groups attached to an aromatic ring is 2. The minimum atomic E-state index is -0.144. The number of anilines is 2. The first-order valence-electron chi connectivity index (χ1n) is 14.4. The lowest BCUT2D eigenvalue weighted by Gasteiger charge is -2.09. The summed E-state index contributed by atoms with van der Waals surface area (Å²) in [6.45, 7) is 0. The zero-order valence-corrected chi connectivity index (χ0v) is 23.4. The van der Waals surface area contributed by atoms with Gasteiger partial charge in [0, 0.05) is 66.6 Å². The molecule has 0 amide bonds. The molecule has 0 fully saturated rings. The number of aromatic nitrogens is 4. The van der Waals surface area contributed by atoms with Crippen molar-refractivity contribution in [1.29, 1.82) is 0 Å². The van der Waals surface area contributed by atoms with Crippen molar-refractivity contribution in [2.24, 2.45) is 0 Å². The zero-order chi connectivity index (χ0) is 30.1. The summed E-state index contributed by atoms with van der Waals surface area (Å²) in [5.41, 5.74) is 17.2. The molecule has 0 aliphatic carbocycles. The van der Waals surface area contributed by atoms with Gasteiger partial charge in [0.1, 0.15) is 22.8 Å². The summed E-state index contributed by atoms with van der Waals surface area (Å²) in [6.07, 6.45) is 0. The Morgan fingerprint density at radius 2 is 0.956 bits per heavy atom. The van der Waals surface area contributed by atoms with Crippen LogP contribution in [0.2, 0.25) is 0 Å². The van der Waals surface area contributed by atoms with Crippen LogP contribution in [0.25, 0.3) is 76.5 Å². The monoisotopic (exact) mass is 584 g/mol. The maximum Gasteiger partial charge on any atom is 0.264 e. The molecule has 0 unspecified atom stereocenters. The second-order valence-corrected chi connectivity index (χ2v) is 11.4. The van der Waals surface area contributed by atoms with E-state index in [1.807, 2.05) is 97.1 Å². The van der Waals surface area contributed by atoms with E-state index in [1.54, 1.807) is 8.80 Å². The molecular formula is C36H20N6O3. The predicted molar refractivity (Wildman–Crippen MR) is 179 cm³/mol. The fraction of sp³-hybridized carbons (Fsp3) is 0. The fourth-order valence-corrected chi connectivity index (χ4v) is 6.98. The van der Waals surface area contributed by atoms with E-state index in [0.29, 0.717) is 67.0 Å². The molecular weight excluding hydrogens is 564 g/mol. The molecule has 0 saturated heterocycles. The van der Waals surface area contributed by atoms with Crippen LogP contribution < -0.4 is 27.3 Å². The van der Waals surface area contributed by atoms with E-state index in [1.165, 1.54) is 0 Å². The normalized spacial score (nSPS) is 12.4. The molecule has 10 rings (SSSR count). The van der Waals surface area contributed by atoms with Crippen LogP contribution in [0.3, 0.4) is 0 Å². The number of nitrogens with zero attached hydrogens (tertiary/aromatic N) is 4. The highest BCUT2D eigenvalue weighted by molar-refractivity contribution is 6.19. The molecule has 0 spiro atoms. The van der Waals surface area contributed by atoms with Crippen molar-refractivity contribution in [3.8, 4) is 11.5 Å². The van der Waals surface area contributed by atoms with Crippen LogP contribution in [0.5, 0.6) is 11.5 Å². The SMILES string of the molecule is Nc1ccc2c3c1cccc3c(=O)n1c3ccc(Oc4ccc5c(c4)nc4c6ccc(N)c7cccc(c(=O)n54)c76)cc3nc21. The first-order valence-corrected chi connectivity index (χ1v) is 14.4. The molecule has 45 heavy (non-hydrogen) atoms. The van der Waals surface area contributed by atoms with Gasteiger partial charge in [-0.2, -0.15) is 0 Å². The van der Waals surface area contributed by atoms with Gasteiger partial charge in [-0.1, -0.05) is 24.3 Å². The molecule has 212 valence electrons. The highest BCUT2D eigenvalue weighted by Crippen LogP contribution is 2.36. The number of rotatable bonds is 2. The average Bonchev–Trinajstić information content (AvgIpc) is 3.63. The van der Waals surface area contributed by atoms with E-state index in [4.69, 9.17) is 26.2 Å². The van der Waals surface area contributed by atoms with Gasteiger partial charge < -0.3 is 16.2 Å². The Balaban J connectivity index is 1.13. The average molecular weight is 585 g/mol. The number of pyridine rings is 2. The summed E-state index contributed by atoms with van der Waals surface area (Å²) in [5.74, 6) is 1.11. The van der Waals surface area contributed by atoms with Crippen LogP contribution in [0.15, 0.2) is 107 Å². The van der Waals surface area contributed by atoms with Gasteiger partial charge in [-0.15, -0.1) is 0 Å². The second-order valence-electron chi connectivity index (χ2n) is 11.4. The third-order valence-electron chi connectivity index (χ3n) is 8.99. The van der Waals surface area contributed by atoms with Crippen molar-refractivity contribution in [3.05, 3.63) is 118 Å². The van der Waals surface area contributed by atoms with E-state index in [0.717, 1.165) is 32.3 Å². The summed E-state index contributed by atoms with van der Waals surface area (Å²) in [6, 6.07) is 29.7. The van der Waals surface area contributed by atoms with Gasteiger partial charge >= 0.3 is 0 Å². The van der Waals surface area contributed by atoms with Crippen LogP contribution in [0, 0.1) is 0 Å². The van der Waals surface area contributed by atoms with Crippen LogP contribution in [0.1, 0.15) is 0 Å². The molecule has 9 heteroatoms. The minimum Gasteiger partial charge on any atom is -0.457 e. The molecule has 0 aliphatic heterocycles. The lowest BCUT2D eigenvalue weighted by molar-refractivity contribution is 0.484. The van der Waals surface area contributed by atoms with Crippen LogP contribution in [-0.4, -0.2) is 18.8 Å². The van der Waals surface area contributed by atoms with E-state index >= 15 is 0 Å². The van der Waals surface area contributed by atoms with Crippen LogP contribution >= 0.6 is 0 Å². The van der Waals surface area contributed by atoms with E-state index in [-0.39, 0.29) is 11.1 Å². The standard InChI is InChI=1S/C36H20N6O3/c37-25-11-9-21-31-19(25)3-1-5-23(31)35(43)41-29-13-7-17(15-27(29)39-33(21)41)45-18-8-14-30-28(16-18)40-34-22-10-12-26(38)20-4-2-6-24(32(20)22)36(44)42(30)34/h1-16H,37-38H2. The van der Waals surface area contributed by atoms with Crippen LogP contribution in [-0.2, 0) is 0 Å². The first kappa shape index (κ1) is 24.0. The van der Waals surface area contributed by atoms with Gasteiger partial charge in [0.2, 0.25) is 0 Å². The van der Waals surface area contributed by atoms with Gasteiger partial charge in [-0.3, -0.25) is 18.4 Å². The van der Waals surface area contributed by atoms with Gasteiger partial charge in [0.05, 0.1) is 22.1 Å². The Kier molecular flexibility index (Phi) is 4.33. The molecule has 0 atom stereocenters. The molecule has 6 aromatic carbocycles. The smallest absolute Gasteiger partial charge is 0.264 e. The zero-order valence-electron chi connectivity index (χ0n) is 23.4. The molecule has 9 nitrogen and oxygen atoms in total. The number of ether oxygens (including phenoxy) is 1. The summed E-state index contributed by atoms with van der Waals surface area (Å²) in [4.78, 5) is 37.0. The highest BCUT2D eigenvalue weighted by Gasteiger charge is 2.19. The van der Waals surface area contributed by atoms with E-state index < -0.39 is 0 Å². The molecule has 4 heterocycles. The lowest BCUT2D eigenvalue weighted by atomic mass is 10.0. The second kappa shape index (κ2) is 8.12. The van der Waals surface area contributed by atoms with E-state index in [2.05, 4.69) is 0 Å². The molecule has 0 bridgehead atoms. The molecule has 4 N–H and O–H groups in total. The minimum absolute atomic E-state index is 0.144. The number of nitrogens with two attached hydrogens (primary N) is 2. The molecule has 4 aromatic heterocycles. The number of hydrogen-bond acceptors (Lipinski definition) is 7. The van der Waals surface area contributed by atoms with Gasteiger partial charge in [0.15, 0.2) is 0 Å². The van der Waals surface area contributed by atoms with Crippen molar-refractivity contribution in [3.63, 3.8) is 0 Å². The number of fused-ring (bicyclic) bond motifs is 8. The lowest BCUT2D eigenvalue weighted by Crippen LogP contribution is -2.13. The van der Waals surface area contributed by atoms with Crippen molar-refractivity contribution in [2.45, 2.75) is 0 Å². The largest absolute Gasteiger partial charge is 0.457 e. The summed E-state index contributed by atoms with van der Waals surface area (Å²) >= 11 is 0. The van der Waals surface area contributed by atoms with Gasteiger partial charge in [0.25, 0.3) is 11.1 Å². The molecule has 0 aliphatic rings. The van der Waals surface area contributed by atoms with Gasteiger partial charge in [-0.05, 0) is 60.7 Å². The summed E-state index contributed by atoms with van der Waals surface area (Å²) in [5, 5.41) is 6.22. The van der Waals surface area contributed by atoms with Crippen LogP contribution in [0.4, 0.5) is 11.4 Å². The maximum atomic E-state index is 13.6. The third-order valence-corrected chi connectivity index (χ3v) is 8.99. The Hall–Kier alpha value is -6.48. The van der Waals surface area contributed by atoms with E-state index in [9.17, 15) is 9.59 Å². The summed E-state index contributed by atoms with van der Waals surface area (Å²) < 4.78 is 9.58. The quantitative estimate of drug-likeness (QED) is 0.223. The Morgan fingerprint density at radius 3 is 1.42 bits per heavy atom. The predicted octanol–water partition coefficient (Wildman–Crippen LogP) is 6.45. The number of hydrogen-bond donors (Lipinski definition) is 2. The topological polar surface area (TPSA) is 130 Å². The Labute approximate surface area is 251 Å². The molecule has 10 aromatic rings. The Morgan fingerprint density at radius 1 is 0.511 bits per heavy atom. The number of benzene rings is 6. The molecule has 0 saturated carbocycles. The highest BCUT2D eigenvalue weighted by atomic mass is 16.5. The van der Waals surface area contributed by atoms with Crippen molar-refractivity contribution in [2.75, 3.05) is 11.5 Å². The summed E-state index contributed by atoms with van der Waals surface area (Å²) in [7, 11) is 0. The molecule has 0 radical (unpaired) electrons. The fourth-order valence-electron chi connectivity index (χ4n) is 6.98. The third kappa shape index (κ3) is 3.00. The Bertz CT molecular complexity index is 2830. The van der Waals surface area contributed by atoms with Crippen molar-refractivity contribution in [1.82, 2.24) is 18.8 Å². The number of imidazole rings is 2. The maximum absolute atomic E-state index is 13.6. The van der Waals surface area contributed by atoms with Gasteiger partial charge in [-0.25, -0.2) is 9.97 Å². The van der Waals surface area contributed by atoms with Crippen molar-refractivity contribution >= 4 is 87.8 Å². The first-order chi connectivity index (χ1) is 22.0. The van der Waals surface area contributed by atoms with Crippen molar-refractivity contribution < 1.29 is 4.74 Å².